The van der Waals surface area contributed by atoms with Crippen molar-refractivity contribution >= 4 is 43.7 Å². The molecule has 7 rings (SSSR count). The minimum absolute atomic E-state index is 0.00319. The van der Waals surface area contributed by atoms with Crippen LogP contribution in [0.3, 0.4) is 0 Å². The van der Waals surface area contributed by atoms with E-state index >= 15 is 0 Å². The van der Waals surface area contributed by atoms with Crippen LogP contribution in [0.15, 0.2) is 112 Å². The van der Waals surface area contributed by atoms with E-state index < -0.39 is 0 Å². The van der Waals surface area contributed by atoms with Gasteiger partial charge < -0.3 is 8.98 Å². The molecule has 42 heavy (non-hydrogen) atoms. The van der Waals surface area contributed by atoms with Crippen molar-refractivity contribution in [3.8, 4) is 16.8 Å². The molecule has 208 valence electrons. The summed E-state index contributed by atoms with van der Waals surface area (Å²) in [6, 6.07) is 35.6. The standard InChI is InChI=1S/C39H35NO2/c1-38(2,3)25-17-19-33-31(22-25)32-23-26(39(4,5)6)18-20-34(32)40(33)27-12-9-11-24(21-27)28-14-10-15-30-36(41)29-13-7-8-16-35(29)42-37(28)30/h7-23H,1-6H3. The molecule has 0 saturated carbocycles. The van der Waals surface area contributed by atoms with Crippen molar-refractivity contribution in [3.05, 3.63) is 124 Å². The average Bonchev–Trinajstić information content (AvgIpc) is 3.29. The molecular weight excluding hydrogens is 514 g/mol. The van der Waals surface area contributed by atoms with E-state index in [1.807, 2.05) is 42.5 Å². The second kappa shape index (κ2) is 9.19. The maximum Gasteiger partial charge on any atom is 0.200 e. The smallest absolute Gasteiger partial charge is 0.200 e. The molecule has 0 aliphatic carbocycles. The van der Waals surface area contributed by atoms with Crippen LogP contribution in [0.25, 0.3) is 60.6 Å². The molecule has 0 aliphatic rings. The van der Waals surface area contributed by atoms with Crippen molar-refractivity contribution < 1.29 is 4.42 Å². The van der Waals surface area contributed by atoms with Gasteiger partial charge in [0.1, 0.15) is 11.2 Å². The zero-order valence-corrected chi connectivity index (χ0v) is 25.1. The molecule has 0 amide bonds. The molecule has 0 bridgehead atoms. The van der Waals surface area contributed by atoms with Crippen LogP contribution in [0.2, 0.25) is 0 Å². The van der Waals surface area contributed by atoms with Crippen molar-refractivity contribution in [2.75, 3.05) is 0 Å². The minimum atomic E-state index is -0.00319. The summed E-state index contributed by atoms with van der Waals surface area (Å²) in [5.74, 6) is 0. The molecule has 2 heterocycles. The van der Waals surface area contributed by atoms with Crippen LogP contribution in [0.5, 0.6) is 0 Å². The number of hydrogen-bond donors (Lipinski definition) is 0. The maximum atomic E-state index is 13.3. The molecule has 5 aromatic carbocycles. The Hall–Kier alpha value is -4.63. The van der Waals surface area contributed by atoms with Crippen LogP contribution in [0, 0.1) is 0 Å². The van der Waals surface area contributed by atoms with Gasteiger partial charge in [-0.3, -0.25) is 4.79 Å². The second-order valence-corrected chi connectivity index (χ2v) is 13.5. The lowest BCUT2D eigenvalue weighted by Gasteiger charge is -2.19. The topological polar surface area (TPSA) is 35.1 Å². The van der Waals surface area contributed by atoms with Gasteiger partial charge in [0.25, 0.3) is 0 Å². The summed E-state index contributed by atoms with van der Waals surface area (Å²) < 4.78 is 8.73. The van der Waals surface area contributed by atoms with Gasteiger partial charge in [-0.1, -0.05) is 90.1 Å². The monoisotopic (exact) mass is 549 g/mol. The Bertz CT molecular complexity index is 2160. The molecule has 3 heteroatoms. The molecule has 0 aliphatic heterocycles. The molecule has 0 atom stereocenters. The van der Waals surface area contributed by atoms with E-state index in [-0.39, 0.29) is 16.3 Å². The first-order valence-electron chi connectivity index (χ1n) is 14.7. The molecule has 0 unspecified atom stereocenters. The van der Waals surface area contributed by atoms with E-state index in [4.69, 9.17) is 4.42 Å². The molecule has 2 aromatic heterocycles. The summed E-state index contributed by atoms with van der Waals surface area (Å²) >= 11 is 0. The van der Waals surface area contributed by atoms with Crippen LogP contribution < -0.4 is 5.43 Å². The number of hydrogen-bond acceptors (Lipinski definition) is 2. The highest BCUT2D eigenvalue weighted by molar-refractivity contribution is 6.10. The fourth-order valence-electron chi connectivity index (χ4n) is 6.10. The number of benzene rings is 5. The Balaban J connectivity index is 1.49. The van der Waals surface area contributed by atoms with Crippen LogP contribution in [0.1, 0.15) is 52.7 Å². The third-order valence-electron chi connectivity index (χ3n) is 8.52. The Morgan fingerprint density at radius 3 is 1.81 bits per heavy atom. The predicted octanol–water partition coefficient (Wildman–Crippen LogP) is 10.3. The number of fused-ring (bicyclic) bond motifs is 5. The lowest BCUT2D eigenvalue weighted by Crippen LogP contribution is -2.10. The summed E-state index contributed by atoms with van der Waals surface area (Å²) in [4.78, 5) is 13.3. The Kier molecular flexibility index (Phi) is 5.75. The van der Waals surface area contributed by atoms with Gasteiger partial charge in [0.05, 0.1) is 21.8 Å². The molecule has 0 saturated heterocycles. The lowest BCUT2D eigenvalue weighted by molar-refractivity contribution is 0.590. The first kappa shape index (κ1) is 26.3. The summed E-state index contributed by atoms with van der Waals surface area (Å²) in [6.45, 7) is 13.6. The summed E-state index contributed by atoms with van der Waals surface area (Å²) in [5, 5.41) is 3.72. The summed E-state index contributed by atoms with van der Waals surface area (Å²) in [7, 11) is 0. The van der Waals surface area contributed by atoms with Crippen LogP contribution >= 0.6 is 0 Å². The van der Waals surface area contributed by atoms with Gasteiger partial charge in [-0.15, -0.1) is 0 Å². The van der Waals surface area contributed by atoms with E-state index in [0.717, 1.165) is 16.8 Å². The highest BCUT2D eigenvalue weighted by Crippen LogP contribution is 2.38. The first-order valence-corrected chi connectivity index (χ1v) is 14.7. The Morgan fingerprint density at radius 2 is 1.17 bits per heavy atom. The normalized spacial score (nSPS) is 12.6. The molecular formula is C39H35NO2. The van der Waals surface area contributed by atoms with E-state index in [0.29, 0.717) is 21.9 Å². The molecule has 7 aromatic rings. The largest absolute Gasteiger partial charge is 0.455 e. The fourth-order valence-corrected chi connectivity index (χ4v) is 6.10. The number of para-hydroxylation sites is 2. The third-order valence-corrected chi connectivity index (χ3v) is 8.52. The van der Waals surface area contributed by atoms with Gasteiger partial charge in [0.15, 0.2) is 0 Å². The third kappa shape index (κ3) is 4.15. The fraction of sp³-hybridized carbons (Fsp3) is 0.205. The van der Waals surface area contributed by atoms with Crippen molar-refractivity contribution in [2.24, 2.45) is 0 Å². The zero-order chi connectivity index (χ0) is 29.4. The van der Waals surface area contributed by atoms with Gasteiger partial charge >= 0.3 is 0 Å². The quantitative estimate of drug-likeness (QED) is 0.201. The SMILES string of the molecule is CC(C)(C)c1ccc2c(c1)c1cc(C(C)(C)C)ccc1n2-c1cccc(-c2cccc3c(=O)c4ccccc4oc23)c1. The van der Waals surface area contributed by atoms with Crippen molar-refractivity contribution in [2.45, 2.75) is 52.4 Å². The van der Waals surface area contributed by atoms with Gasteiger partial charge in [-0.25, -0.2) is 0 Å². The minimum Gasteiger partial charge on any atom is -0.455 e. The zero-order valence-electron chi connectivity index (χ0n) is 25.1. The van der Waals surface area contributed by atoms with Crippen molar-refractivity contribution in [1.82, 2.24) is 4.57 Å². The summed E-state index contributed by atoms with van der Waals surface area (Å²) in [5.41, 5.74) is 9.29. The molecule has 0 fully saturated rings. The molecule has 0 spiro atoms. The van der Waals surface area contributed by atoms with Crippen molar-refractivity contribution in [1.29, 1.82) is 0 Å². The predicted molar refractivity (Wildman–Crippen MR) is 177 cm³/mol. The van der Waals surface area contributed by atoms with Gasteiger partial charge in [0.2, 0.25) is 5.43 Å². The van der Waals surface area contributed by atoms with E-state index in [1.54, 1.807) is 0 Å². The number of rotatable bonds is 2. The van der Waals surface area contributed by atoms with Gasteiger partial charge in [0, 0.05) is 22.0 Å². The highest BCUT2D eigenvalue weighted by atomic mass is 16.3. The van der Waals surface area contributed by atoms with Crippen molar-refractivity contribution in [3.63, 3.8) is 0 Å². The van der Waals surface area contributed by atoms with Crippen LogP contribution in [-0.4, -0.2) is 4.57 Å². The van der Waals surface area contributed by atoms with E-state index in [1.165, 1.54) is 32.9 Å². The maximum absolute atomic E-state index is 13.3. The summed E-state index contributed by atoms with van der Waals surface area (Å²) in [6.07, 6.45) is 0. The highest BCUT2D eigenvalue weighted by Gasteiger charge is 2.21. The van der Waals surface area contributed by atoms with Gasteiger partial charge in [-0.2, -0.15) is 0 Å². The lowest BCUT2D eigenvalue weighted by atomic mass is 9.85. The molecule has 0 radical (unpaired) electrons. The number of nitrogens with zero attached hydrogens (tertiary/aromatic N) is 1. The number of aromatic nitrogens is 1. The van der Waals surface area contributed by atoms with Crippen LogP contribution in [-0.2, 0) is 10.8 Å². The van der Waals surface area contributed by atoms with E-state index in [9.17, 15) is 4.79 Å². The van der Waals surface area contributed by atoms with E-state index in [2.05, 4.69) is 107 Å². The second-order valence-electron chi connectivity index (χ2n) is 13.5. The van der Waals surface area contributed by atoms with Gasteiger partial charge in [-0.05, 0) is 82.1 Å². The molecule has 3 nitrogen and oxygen atoms in total. The Morgan fingerprint density at radius 1 is 0.571 bits per heavy atom. The van der Waals surface area contributed by atoms with Crippen LogP contribution in [0.4, 0.5) is 0 Å². The molecule has 0 N–H and O–H groups in total. The Labute approximate surface area is 246 Å². The average molecular weight is 550 g/mol. The first-order chi connectivity index (χ1) is 20.0.